The molecule has 0 unspecified atom stereocenters. The van der Waals surface area contributed by atoms with Gasteiger partial charge in [0.1, 0.15) is 5.69 Å². The Hall–Kier alpha value is -1.07. The van der Waals surface area contributed by atoms with E-state index in [1.807, 2.05) is 18.0 Å². The molecule has 0 aromatic carbocycles. The Morgan fingerprint density at radius 3 is 2.50 bits per heavy atom. The summed E-state index contributed by atoms with van der Waals surface area (Å²) in [5.41, 5.74) is 1.67. The minimum atomic E-state index is 0. The average molecular weight is 273 g/mol. The second kappa shape index (κ2) is 6.20. The zero-order valence-corrected chi connectivity index (χ0v) is 12.0. The molecule has 1 amide bonds. The van der Waals surface area contributed by atoms with Crippen LogP contribution in [0.1, 0.15) is 35.9 Å². The van der Waals surface area contributed by atoms with Crippen LogP contribution >= 0.6 is 12.4 Å². The first-order valence-corrected chi connectivity index (χ1v) is 6.13. The molecule has 5 nitrogen and oxygen atoms in total. The second-order valence-corrected chi connectivity index (χ2v) is 4.77. The highest BCUT2D eigenvalue weighted by Crippen LogP contribution is 2.15. The molecule has 0 spiro atoms. The standard InChI is InChI=1S/C12H20N4O.ClH/c1-9(2)10-8-11(15(3)14-10)12(17)16-6-4-13-5-7-16;/h8-9,13H,4-7H2,1-3H3;1H. The number of hydrogen-bond donors (Lipinski definition) is 1. The van der Waals surface area contributed by atoms with Crippen LogP contribution in [0.15, 0.2) is 6.07 Å². The molecule has 18 heavy (non-hydrogen) atoms. The third-order valence-electron chi connectivity index (χ3n) is 3.11. The van der Waals surface area contributed by atoms with E-state index in [9.17, 15) is 4.79 Å². The van der Waals surface area contributed by atoms with E-state index in [0.717, 1.165) is 31.9 Å². The molecule has 6 heteroatoms. The lowest BCUT2D eigenvalue weighted by atomic mass is 10.1. The molecule has 102 valence electrons. The first-order valence-electron chi connectivity index (χ1n) is 6.13. The van der Waals surface area contributed by atoms with Crippen molar-refractivity contribution in [3.63, 3.8) is 0 Å². The van der Waals surface area contributed by atoms with E-state index in [1.165, 1.54) is 0 Å². The SMILES string of the molecule is CC(C)c1cc(C(=O)N2CCNCC2)n(C)n1.Cl. The van der Waals surface area contributed by atoms with Crippen molar-refractivity contribution in [3.8, 4) is 0 Å². The van der Waals surface area contributed by atoms with Gasteiger partial charge in [0, 0.05) is 33.2 Å². The summed E-state index contributed by atoms with van der Waals surface area (Å²) in [4.78, 5) is 14.2. The van der Waals surface area contributed by atoms with Crippen LogP contribution in [0.25, 0.3) is 0 Å². The van der Waals surface area contributed by atoms with Crippen LogP contribution in [0.2, 0.25) is 0 Å². The van der Waals surface area contributed by atoms with Gasteiger partial charge in [0.25, 0.3) is 5.91 Å². The normalized spacial score (nSPS) is 15.7. The summed E-state index contributed by atoms with van der Waals surface area (Å²) in [6, 6.07) is 1.91. The summed E-state index contributed by atoms with van der Waals surface area (Å²) in [5, 5.41) is 7.62. The lowest BCUT2D eigenvalue weighted by Gasteiger charge is -2.27. The number of nitrogens with zero attached hydrogens (tertiary/aromatic N) is 3. The highest BCUT2D eigenvalue weighted by Gasteiger charge is 2.22. The number of carbonyl (C=O) groups is 1. The molecular weight excluding hydrogens is 252 g/mol. The van der Waals surface area contributed by atoms with E-state index < -0.39 is 0 Å². The van der Waals surface area contributed by atoms with Gasteiger partial charge >= 0.3 is 0 Å². The number of carbonyl (C=O) groups excluding carboxylic acids is 1. The van der Waals surface area contributed by atoms with Gasteiger partial charge in [0.05, 0.1) is 5.69 Å². The predicted octanol–water partition coefficient (Wildman–Crippen LogP) is 1.01. The van der Waals surface area contributed by atoms with Gasteiger partial charge < -0.3 is 10.2 Å². The molecule has 0 radical (unpaired) electrons. The van der Waals surface area contributed by atoms with Crippen LogP contribution in [-0.2, 0) is 7.05 Å². The van der Waals surface area contributed by atoms with Gasteiger partial charge in [-0.25, -0.2) is 0 Å². The van der Waals surface area contributed by atoms with Gasteiger partial charge in [-0.3, -0.25) is 9.48 Å². The maximum Gasteiger partial charge on any atom is 0.272 e. The molecule has 0 aliphatic carbocycles. The quantitative estimate of drug-likeness (QED) is 0.874. The fourth-order valence-corrected chi connectivity index (χ4v) is 2.00. The number of rotatable bonds is 2. The van der Waals surface area contributed by atoms with Crippen molar-refractivity contribution in [2.45, 2.75) is 19.8 Å². The molecule has 1 aromatic rings. The molecule has 1 N–H and O–H groups in total. The smallest absolute Gasteiger partial charge is 0.272 e. The van der Waals surface area contributed by atoms with Gasteiger partial charge in [-0.05, 0) is 12.0 Å². The molecule has 1 aromatic heterocycles. The Balaban J connectivity index is 0.00000162. The van der Waals surface area contributed by atoms with Gasteiger partial charge in [-0.1, -0.05) is 13.8 Å². The lowest BCUT2D eigenvalue weighted by molar-refractivity contribution is 0.0724. The summed E-state index contributed by atoms with van der Waals surface area (Å²) >= 11 is 0. The summed E-state index contributed by atoms with van der Waals surface area (Å²) in [6.45, 7) is 7.48. The topological polar surface area (TPSA) is 50.2 Å². The van der Waals surface area contributed by atoms with Crippen LogP contribution < -0.4 is 5.32 Å². The van der Waals surface area contributed by atoms with Crippen molar-refractivity contribution in [1.82, 2.24) is 20.0 Å². The summed E-state index contributed by atoms with van der Waals surface area (Å²) in [7, 11) is 1.83. The van der Waals surface area contributed by atoms with Crippen LogP contribution in [0.5, 0.6) is 0 Å². The van der Waals surface area contributed by atoms with E-state index in [1.54, 1.807) is 4.68 Å². The maximum absolute atomic E-state index is 12.3. The first kappa shape index (κ1) is 15.0. The fraction of sp³-hybridized carbons (Fsp3) is 0.667. The molecule has 0 saturated carbocycles. The maximum atomic E-state index is 12.3. The van der Waals surface area contributed by atoms with Crippen molar-refractivity contribution in [2.24, 2.45) is 7.05 Å². The number of piperazine rings is 1. The van der Waals surface area contributed by atoms with Gasteiger partial charge in [-0.15, -0.1) is 12.4 Å². The molecule has 2 heterocycles. The van der Waals surface area contributed by atoms with Crippen molar-refractivity contribution < 1.29 is 4.79 Å². The third-order valence-corrected chi connectivity index (χ3v) is 3.11. The third kappa shape index (κ3) is 3.03. The first-order chi connectivity index (χ1) is 8.09. The molecule has 1 aliphatic heterocycles. The molecule has 1 saturated heterocycles. The minimum Gasteiger partial charge on any atom is -0.335 e. The van der Waals surface area contributed by atoms with Crippen molar-refractivity contribution in [2.75, 3.05) is 26.2 Å². The van der Waals surface area contributed by atoms with Gasteiger partial charge in [-0.2, -0.15) is 5.10 Å². The second-order valence-electron chi connectivity index (χ2n) is 4.77. The Bertz CT molecular complexity index is 410. The van der Waals surface area contributed by atoms with E-state index >= 15 is 0 Å². The van der Waals surface area contributed by atoms with E-state index in [-0.39, 0.29) is 18.3 Å². The zero-order chi connectivity index (χ0) is 12.4. The molecule has 1 fully saturated rings. The summed E-state index contributed by atoms with van der Waals surface area (Å²) in [6.07, 6.45) is 0. The Morgan fingerprint density at radius 1 is 1.39 bits per heavy atom. The van der Waals surface area contributed by atoms with Crippen LogP contribution in [0, 0.1) is 0 Å². The van der Waals surface area contributed by atoms with Crippen molar-refractivity contribution in [1.29, 1.82) is 0 Å². The Labute approximate surface area is 114 Å². The lowest BCUT2D eigenvalue weighted by Crippen LogP contribution is -2.46. The molecule has 0 atom stereocenters. The van der Waals surface area contributed by atoms with Crippen LogP contribution in [0.4, 0.5) is 0 Å². The molecule has 2 rings (SSSR count). The number of aromatic nitrogens is 2. The molecule has 0 bridgehead atoms. The zero-order valence-electron chi connectivity index (χ0n) is 11.1. The molecule has 1 aliphatic rings. The van der Waals surface area contributed by atoms with E-state index in [2.05, 4.69) is 24.3 Å². The van der Waals surface area contributed by atoms with E-state index in [0.29, 0.717) is 11.6 Å². The fourth-order valence-electron chi connectivity index (χ4n) is 2.00. The summed E-state index contributed by atoms with van der Waals surface area (Å²) < 4.78 is 1.69. The predicted molar refractivity (Wildman–Crippen MR) is 73.3 cm³/mol. The summed E-state index contributed by atoms with van der Waals surface area (Å²) in [5.74, 6) is 0.444. The average Bonchev–Trinajstić information content (AvgIpc) is 2.72. The number of hydrogen-bond acceptors (Lipinski definition) is 3. The number of nitrogens with one attached hydrogen (secondary N) is 1. The van der Waals surface area contributed by atoms with E-state index in [4.69, 9.17) is 0 Å². The van der Waals surface area contributed by atoms with Gasteiger partial charge in [0.15, 0.2) is 0 Å². The van der Waals surface area contributed by atoms with Gasteiger partial charge in [0.2, 0.25) is 0 Å². The Morgan fingerprint density at radius 2 is 2.00 bits per heavy atom. The monoisotopic (exact) mass is 272 g/mol. The van der Waals surface area contributed by atoms with Crippen molar-refractivity contribution in [3.05, 3.63) is 17.5 Å². The largest absolute Gasteiger partial charge is 0.335 e. The number of aryl methyl sites for hydroxylation is 1. The minimum absolute atomic E-state index is 0. The van der Waals surface area contributed by atoms with Crippen LogP contribution in [-0.4, -0.2) is 46.8 Å². The Kier molecular flexibility index (Phi) is 5.16. The van der Waals surface area contributed by atoms with Crippen LogP contribution in [0.3, 0.4) is 0 Å². The number of amides is 1. The molecular formula is C12H21ClN4O. The van der Waals surface area contributed by atoms with Crippen molar-refractivity contribution >= 4 is 18.3 Å². The highest BCUT2D eigenvalue weighted by molar-refractivity contribution is 5.92. The number of halogens is 1. The highest BCUT2D eigenvalue weighted by atomic mass is 35.5.